The van der Waals surface area contributed by atoms with Crippen molar-refractivity contribution in [3.05, 3.63) is 28.8 Å². The summed E-state index contributed by atoms with van der Waals surface area (Å²) < 4.78 is 15.0. The van der Waals surface area contributed by atoms with Crippen LogP contribution in [-0.4, -0.2) is 31.3 Å². The molecule has 0 bridgehead atoms. The van der Waals surface area contributed by atoms with Crippen LogP contribution in [0.25, 0.3) is 0 Å². The highest BCUT2D eigenvalue weighted by Crippen LogP contribution is 2.25. The normalized spacial score (nSPS) is 10.8. The zero-order valence-corrected chi connectivity index (χ0v) is 12.6. The molecule has 6 heteroatoms. The van der Waals surface area contributed by atoms with E-state index in [0.29, 0.717) is 5.02 Å². The van der Waals surface area contributed by atoms with Gasteiger partial charge in [0.2, 0.25) is 0 Å². The van der Waals surface area contributed by atoms with E-state index < -0.39 is 17.5 Å². The van der Waals surface area contributed by atoms with E-state index in [4.69, 9.17) is 21.1 Å². The fourth-order valence-electron chi connectivity index (χ4n) is 1.32. The van der Waals surface area contributed by atoms with E-state index in [0.717, 1.165) is 0 Å². The smallest absolute Gasteiger partial charge is 0.343 e. The Bertz CT molecular complexity index is 505. The minimum atomic E-state index is -0.640. The number of hydrogen-bond donors (Lipinski definition) is 0. The van der Waals surface area contributed by atoms with Crippen molar-refractivity contribution in [2.75, 3.05) is 13.7 Å². The van der Waals surface area contributed by atoms with Gasteiger partial charge in [-0.3, -0.25) is 0 Å². The van der Waals surface area contributed by atoms with Crippen LogP contribution >= 0.6 is 11.6 Å². The van der Waals surface area contributed by atoms with E-state index >= 15 is 0 Å². The van der Waals surface area contributed by atoms with E-state index in [1.54, 1.807) is 26.8 Å². The topological polar surface area (TPSA) is 61.8 Å². The van der Waals surface area contributed by atoms with Crippen LogP contribution in [0, 0.1) is 0 Å². The van der Waals surface area contributed by atoms with Gasteiger partial charge < -0.3 is 14.2 Å². The summed E-state index contributed by atoms with van der Waals surface area (Å²) >= 11 is 5.87. The molecule has 5 nitrogen and oxygen atoms in total. The highest BCUT2D eigenvalue weighted by atomic mass is 35.5. The van der Waals surface area contributed by atoms with Gasteiger partial charge in [-0.25, -0.2) is 9.59 Å². The van der Waals surface area contributed by atoms with Crippen molar-refractivity contribution in [3.8, 4) is 5.75 Å². The first kappa shape index (κ1) is 16.3. The molecule has 0 N–H and O–H groups in total. The lowest BCUT2D eigenvalue weighted by Gasteiger charge is -2.20. The maximum Gasteiger partial charge on any atom is 0.343 e. The number of benzene rings is 1. The number of ether oxygens (including phenoxy) is 3. The van der Waals surface area contributed by atoms with Crippen LogP contribution in [0.2, 0.25) is 5.02 Å². The summed E-state index contributed by atoms with van der Waals surface area (Å²) in [5.74, 6) is -0.899. The third kappa shape index (κ3) is 5.09. The number of carbonyl (C=O) groups is 2. The van der Waals surface area contributed by atoms with Gasteiger partial charge in [0, 0.05) is 5.02 Å². The lowest BCUT2D eigenvalue weighted by atomic mass is 10.1. The van der Waals surface area contributed by atoms with Gasteiger partial charge in [-0.2, -0.15) is 0 Å². The first-order chi connectivity index (χ1) is 9.23. The average Bonchev–Trinajstić information content (AvgIpc) is 2.34. The van der Waals surface area contributed by atoms with E-state index in [1.165, 1.54) is 19.2 Å². The monoisotopic (exact) mass is 300 g/mol. The second kappa shape index (κ2) is 6.61. The molecule has 0 aliphatic heterocycles. The van der Waals surface area contributed by atoms with Crippen LogP contribution in [0.3, 0.4) is 0 Å². The SMILES string of the molecule is COC(=O)COc1ccc(Cl)cc1C(=O)OC(C)(C)C. The summed E-state index contributed by atoms with van der Waals surface area (Å²) in [6.07, 6.45) is 0. The molecule has 20 heavy (non-hydrogen) atoms. The molecule has 0 amide bonds. The molecule has 0 spiro atoms. The van der Waals surface area contributed by atoms with E-state index in [1.807, 2.05) is 0 Å². The van der Waals surface area contributed by atoms with Crippen LogP contribution in [-0.2, 0) is 14.3 Å². The molecule has 1 aromatic rings. The third-order valence-electron chi connectivity index (χ3n) is 2.13. The van der Waals surface area contributed by atoms with Crippen molar-refractivity contribution >= 4 is 23.5 Å². The molecule has 1 rings (SSSR count). The summed E-state index contributed by atoms with van der Waals surface area (Å²) in [5, 5.41) is 0.372. The van der Waals surface area contributed by atoms with Crippen LogP contribution in [0.4, 0.5) is 0 Å². The molecule has 0 aliphatic rings. The number of esters is 2. The van der Waals surface area contributed by atoms with Gasteiger partial charge in [-0.05, 0) is 39.0 Å². The molecule has 0 fully saturated rings. The second-order valence-corrected chi connectivity index (χ2v) is 5.44. The molecular formula is C14H17ClO5. The van der Waals surface area contributed by atoms with Crippen molar-refractivity contribution in [3.63, 3.8) is 0 Å². The van der Waals surface area contributed by atoms with Gasteiger partial charge in [0.15, 0.2) is 6.61 Å². The van der Waals surface area contributed by atoms with Crippen molar-refractivity contribution in [2.24, 2.45) is 0 Å². The number of methoxy groups -OCH3 is 1. The minimum Gasteiger partial charge on any atom is -0.481 e. The molecule has 0 radical (unpaired) electrons. The Hall–Kier alpha value is -1.75. The highest BCUT2D eigenvalue weighted by molar-refractivity contribution is 6.31. The average molecular weight is 301 g/mol. The Morgan fingerprint density at radius 1 is 1.25 bits per heavy atom. The quantitative estimate of drug-likeness (QED) is 0.800. The molecule has 110 valence electrons. The summed E-state index contributed by atoms with van der Waals surface area (Å²) in [7, 11) is 1.25. The zero-order chi connectivity index (χ0) is 15.3. The zero-order valence-electron chi connectivity index (χ0n) is 11.9. The number of rotatable bonds is 4. The second-order valence-electron chi connectivity index (χ2n) is 5.01. The lowest BCUT2D eigenvalue weighted by Crippen LogP contribution is -2.24. The van der Waals surface area contributed by atoms with Gasteiger partial charge in [-0.15, -0.1) is 0 Å². The van der Waals surface area contributed by atoms with Gasteiger partial charge in [0.25, 0.3) is 0 Å². The number of hydrogen-bond acceptors (Lipinski definition) is 5. The van der Waals surface area contributed by atoms with Gasteiger partial charge >= 0.3 is 11.9 Å². The van der Waals surface area contributed by atoms with Crippen LogP contribution in [0.15, 0.2) is 18.2 Å². The Kier molecular flexibility index (Phi) is 5.39. The third-order valence-corrected chi connectivity index (χ3v) is 2.37. The van der Waals surface area contributed by atoms with Crippen LogP contribution in [0.1, 0.15) is 31.1 Å². The molecule has 0 saturated carbocycles. The lowest BCUT2D eigenvalue weighted by molar-refractivity contribution is -0.142. The fraction of sp³-hybridized carbons (Fsp3) is 0.429. The molecular weight excluding hydrogens is 284 g/mol. The predicted molar refractivity (Wildman–Crippen MR) is 74.1 cm³/mol. The summed E-state index contributed by atoms with van der Waals surface area (Å²) in [6, 6.07) is 4.49. The maximum absolute atomic E-state index is 12.1. The van der Waals surface area contributed by atoms with E-state index in [-0.39, 0.29) is 17.9 Å². The van der Waals surface area contributed by atoms with Crippen molar-refractivity contribution in [1.29, 1.82) is 0 Å². The standard InChI is InChI=1S/C14H17ClO5/c1-14(2,3)20-13(17)10-7-9(15)5-6-11(10)19-8-12(16)18-4/h5-7H,8H2,1-4H3. The Labute approximate surface area is 122 Å². The van der Waals surface area contributed by atoms with Crippen molar-refractivity contribution < 1.29 is 23.8 Å². The molecule has 0 saturated heterocycles. The number of halogens is 1. The largest absolute Gasteiger partial charge is 0.481 e. The van der Waals surface area contributed by atoms with E-state index in [2.05, 4.69) is 4.74 Å². The van der Waals surface area contributed by atoms with Gasteiger partial charge in [-0.1, -0.05) is 11.6 Å². The molecule has 0 atom stereocenters. The maximum atomic E-state index is 12.1. The van der Waals surface area contributed by atoms with Crippen LogP contribution < -0.4 is 4.74 Å². The fourth-order valence-corrected chi connectivity index (χ4v) is 1.49. The molecule has 0 aromatic heterocycles. The van der Waals surface area contributed by atoms with E-state index in [9.17, 15) is 9.59 Å². The first-order valence-corrected chi connectivity index (χ1v) is 6.33. The van der Waals surface area contributed by atoms with Crippen LogP contribution in [0.5, 0.6) is 5.75 Å². The summed E-state index contributed by atoms with van der Waals surface area (Å²) in [5.41, 5.74) is -0.477. The Morgan fingerprint density at radius 3 is 2.45 bits per heavy atom. The predicted octanol–water partition coefficient (Wildman–Crippen LogP) is 2.85. The molecule has 0 unspecified atom stereocenters. The Balaban J connectivity index is 2.95. The highest BCUT2D eigenvalue weighted by Gasteiger charge is 2.22. The van der Waals surface area contributed by atoms with Crippen molar-refractivity contribution in [1.82, 2.24) is 0 Å². The molecule has 0 heterocycles. The first-order valence-electron chi connectivity index (χ1n) is 5.95. The summed E-state index contributed by atoms with van der Waals surface area (Å²) in [4.78, 5) is 23.1. The van der Waals surface area contributed by atoms with Crippen molar-refractivity contribution in [2.45, 2.75) is 26.4 Å². The number of carbonyl (C=O) groups excluding carboxylic acids is 2. The minimum absolute atomic E-state index is 0.163. The van der Waals surface area contributed by atoms with Gasteiger partial charge in [0.1, 0.15) is 16.9 Å². The molecule has 1 aromatic carbocycles. The molecule has 0 aliphatic carbocycles. The van der Waals surface area contributed by atoms with Gasteiger partial charge in [0.05, 0.1) is 7.11 Å². The summed E-state index contributed by atoms with van der Waals surface area (Å²) in [6.45, 7) is 4.97. The Morgan fingerprint density at radius 2 is 1.90 bits per heavy atom.